The van der Waals surface area contributed by atoms with E-state index in [1.54, 1.807) is 11.8 Å². The normalized spacial score (nSPS) is 14.8. The van der Waals surface area contributed by atoms with Gasteiger partial charge in [-0.25, -0.2) is 0 Å². The molecule has 1 aliphatic carbocycles. The average molecular weight is 357 g/mol. The largest absolute Gasteiger partial charge is 0.494 e. The molecule has 0 spiro atoms. The van der Waals surface area contributed by atoms with Crippen LogP contribution in [0.15, 0.2) is 29.4 Å². The van der Waals surface area contributed by atoms with Crippen molar-refractivity contribution in [2.45, 2.75) is 36.5 Å². The van der Waals surface area contributed by atoms with Gasteiger partial charge in [-0.3, -0.25) is 0 Å². The second-order valence-electron chi connectivity index (χ2n) is 5.75. The van der Waals surface area contributed by atoms with Gasteiger partial charge in [0.05, 0.1) is 12.2 Å². The fraction of sp³-hybridized carbons (Fsp3) is 0.500. The molecule has 130 valence electrons. The van der Waals surface area contributed by atoms with E-state index in [9.17, 15) is 13.2 Å². The maximum atomic E-state index is 12.6. The Balaban J connectivity index is 1.43. The fourth-order valence-corrected chi connectivity index (χ4v) is 3.15. The summed E-state index contributed by atoms with van der Waals surface area (Å²) in [6.45, 7) is 0.363. The molecule has 0 radical (unpaired) electrons. The molecule has 1 aliphatic rings. The van der Waals surface area contributed by atoms with E-state index in [-0.39, 0.29) is 5.75 Å². The van der Waals surface area contributed by atoms with Crippen molar-refractivity contribution in [1.29, 1.82) is 0 Å². The fourth-order valence-electron chi connectivity index (χ4n) is 2.32. The maximum Gasteiger partial charge on any atom is 0.416 e. The number of alkyl halides is 3. The zero-order valence-corrected chi connectivity index (χ0v) is 14.0. The van der Waals surface area contributed by atoms with Crippen LogP contribution in [0.3, 0.4) is 0 Å². The van der Waals surface area contributed by atoms with Crippen molar-refractivity contribution in [3.05, 3.63) is 35.7 Å². The van der Waals surface area contributed by atoms with E-state index in [2.05, 4.69) is 10.2 Å². The first-order chi connectivity index (χ1) is 11.4. The van der Waals surface area contributed by atoms with Crippen molar-refractivity contribution in [3.63, 3.8) is 0 Å². The van der Waals surface area contributed by atoms with Gasteiger partial charge in [-0.2, -0.15) is 13.2 Å². The van der Waals surface area contributed by atoms with Crippen LogP contribution in [0.4, 0.5) is 13.2 Å². The van der Waals surface area contributed by atoms with Gasteiger partial charge in [0.1, 0.15) is 11.6 Å². The maximum absolute atomic E-state index is 12.6. The number of nitrogens with zero attached hydrogens (tertiary/aromatic N) is 3. The van der Waals surface area contributed by atoms with Gasteiger partial charge in [0.2, 0.25) is 0 Å². The number of ether oxygens (including phenoxy) is 1. The molecule has 1 heterocycles. The third-order valence-electron chi connectivity index (χ3n) is 3.76. The lowest BCUT2D eigenvalue weighted by molar-refractivity contribution is -0.137. The summed E-state index contributed by atoms with van der Waals surface area (Å²) in [7, 11) is 1.97. The Bertz CT molecular complexity index is 698. The number of halogens is 3. The summed E-state index contributed by atoms with van der Waals surface area (Å²) in [4.78, 5) is 0. The molecule has 4 nitrogen and oxygen atoms in total. The Labute approximate surface area is 142 Å². The van der Waals surface area contributed by atoms with Gasteiger partial charge in [-0.05, 0) is 37.5 Å². The van der Waals surface area contributed by atoms with Gasteiger partial charge >= 0.3 is 6.18 Å². The number of hydrogen-bond acceptors (Lipinski definition) is 4. The van der Waals surface area contributed by atoms with Gasteiger partial charge in [0, 0.05) is 18.7 Å². The van der Waals surface area contributed by atoms with Crippen molar-refractivity contribution in [1.82, 2.24) is 14.8 Å². The molecule has 3 rings (SSSR count). The van der Waals surface area contributed by atoms with E-state index in [1.807, 2.05) is 11.6 Å². The Kier molecular flexibility index (Phi) is 5.03. The highest BCUT2D eigenvalue weighted by molar-refractivity contribution is 7.99. The Hall–Kier alpha value is -1.70. The molecule has 0 atom stereocenters. The van der Waals surface area contributed by atoms with Crippen LogP contribution in [-0.4, -0.2) is 27.1 Å². The van der Waals surface area contributed by atoms with Crippen LogP contribution in [0.25, 0.3) is 0 Å². The summed E-state index contributed by atoms with van der Waals surface area (Å²) in [5.74, 6) is 2.61. The molecule has 1 aromatic heterocycles. The first kappa shape index (κ1) is 17.1. The molecule has 2 aromatic rings. The molecule has 0 N–H and O–H groups in total. The van der Waals surface area contributed by atoms with Crippen molar-refractivity contribution in [2.75, 3.05) is 12.4 Å². The highest BCUT2D eigenvalue weighted by Gasteiger charge is 2.30. The highest BCUT2D eigenvalue weighted by atomic mass is 32.2. The van der Waals surface area contributed by atoms with Gasteiger partial charge < -0.3 is 9.30 Å². The Morgan fingerprint density at radius 2 is 2.08 bits per heavy atom. The summed E-state index contributed by atoms with van der Waals surface area (Å²) < 4.78 is 45.3. The molecular formula is C16H18F3N3OS. The zero-order chi connectivity index (χ0) is 17.2. The van der Waals surface area contributed by atoms with E-state index in [4.69, 9.17) is 4.74 Å². The molecule has 0 aliphatic heterocycles. The van der Waals surface area contributed by atoms with Crippen LogP contribution in [0.5, 0.6) is 5.75 Å². The second kappa shape index (κ2) is 7.04. The Morgan fingerprint density at radius 3 is 2.79 bits per heavy atom. The SMILES string of the molecule is Cn1c(SCCCOc2cccc(C(F)(F)F)c2)nnc1C1CC1. The molecule has 0 bridgehead atoms. The van der Waals surface area contributed by atoms with E-state index in [0.29, 0.717) is 18.9 Å². The second-order valence-corrected chi connectivity index (χ2v) is 6.81. The molecule has 24 heavy (non-hydrogen) atoms. The molecular weight excluding hydrogens is 339 g/mol. The van der Waals surface area contributed by atoms with Crippen molar-refractivity contribution >= 4 is 11.8 Å². The van der Waals surface area contributed by atoms with Gasteiger partial charge in [-0.15, -0.1) is 10.2 Å². The minimum Gasteiger partial charge on any atom is -0.494 e. The number of thioether (sulfide) groups is 1. The van der Waals surface area contributed by atoms with Crippen molar-refractivity contribution in [3.8, 4) is 5.75 Å². The zero-order valence-electron chi connectivity index (χ0n) is 13.2. The van der Waals surface area contributed by atoms with Gasteiger partial charge in [0.25, 0.3) is 0 Å². The summed E-state index contributed by atoms with van der Waals surface area (Å²) in [6, 6.07) is 4.95. The van der Waals surface area contributed by atoms with Crippen LogP contribution >= 0.6 is 11.8 Å². The van der Waals surface area contributed by atoms with E-state index >= 15 is 0 Å². The quantitative estimate of drug-likeness (QED) is 0.548. The molecule has 1 saturated carbocycles. The van der Waals surface area contributed by atoms with Crippen molar-refractivity contribution < 1.29 is 17.9 Å². The van der Waals surface area contributed by atoms with E-state index < -0.39 is 11.7 Å². The van der Waals surface area contributed by atoms with E-state index in [1.165, 1.54) is 25.0 Å². The molecule has 1 aromatic carbocycles. The van der Waals surface area contributed by atoms with Gasteiger partial charge in [-0.1, -0.05) is 17.8 Å². The number of aromatic nitrogens is 3. The number of hydrogen-bond donors (Lipinski definition) is 0. The smallest absolute Gasteiger partial charge is 0.416 e. The predicted molar refractivity (Wildman–Crippen MR) is 85.3 cm³/mol. The summed E-state index contributed by atoms with van der Waals surface area (Å²) >= 11 is 1.58. The first-order valence-corrected chi connectivity index (χ1v) is 8.76. The highest BCUT2D eigenvalue weighted by Crippen LogP contribution is 2.39. The average Bonchev–Trinajstić information content (AvgIpc) is 3.31. The summed E-state index contributed by atoms with van der Waals surface area (Å²) in [5.41, 5.74) is -0.693. The van der Waals surface area contributed by atoms with Crippen LogP contribution in [-0.2, 0) is 13.2 Å². The van der Waals surface area contributed by atoms with Crippen LogP contribution in [0.1, 0.15) is 36.6 Å². The first-order valence-electron chi connectivity index (χ1n) is 7.77. The lowest BCUT2D eigenvalue weighted by atomic mass is 10.2. The Morgan fingerprint density at radius 1 is 1.29 bits per heavy atom. The predicted octanol–water partition coefficient (Wildman–Crippen LogP) is 4.27. The summed E-state index contributed by atoms with van der Waals surface area (Å²) in [5, 5.41) is 9.26. The molecule has 0 unspecified atom stereocenters. The lowest BCUT2D eigenvalue weighted by Crippen LogP contribution is -2.06. The lowest BCUT2D eigenvalue weighted by Gasteiger charge is -2.10. The molecule has 1 fully saturated rings. The van der Waals surface area contributed by atoms with E-state index in [0.717, 1.165) is 28.9 Å². The third-order valence-corrected chi connectivity index (χ3v) is 4.87. The number of benzene rings is 1. The standard InChI is InChI=1S/C16H18F3N3OS/c1-22-14(11-6-7-11)20-21-15(22)24-9-3-8-23-13-5-2-4-12(10-13)16(17,18)19/h2,4-5,10-11H,3,6-9H2,1H3. The third kappa shape index (κ3) is 4.23. The summed E-state index contributed by atoms with van der Waals surface area (Å²) in [6.07, 6.45) is -1.27. The molecule has 0 saturated heterocycles. The van der Waals surface area contributed by atoms with Crippen LogP contribution in [0, 0.1) is 0 Å². The van der Waals surface area contributed by atoms with Crippen LogP contribution < -0.4 is 4.74 Å². The number of rotatable bonds is 7. The van der Waals surface area contributed by atoms with Crippen molar-refractivity contribution in [2.24, 2.45) is 7.05 Å². The minimum absolute atomic E-state index is 0.240. The molecule has 0 amide bonds. The van der Waals surface area contributed by atoms with Gasteiger partial charge in [0.15, 0.2) is 5.16 Å². The monoisotopic (exact) mass is 357 g/mol. The minimum atomic E-state index is -4.35. The topological polar surface area (TPSA) is 39.9 Å². The molecule has 8 heteroatoms. The van der Waals surface area contributed by atoms with Crippen LogP contribution in [0.2, 0.25) is 0 Å².